The lowest BCUT2D eigenvalue weighted by molar-refractivity contribution is -0.172. The first-order chi connectivity index (χ1) is 8.54. The fourth-order valence-corrected chi connectivity index (χ4v) is 3.07. The number of hydrogen-bond donors (Lipinski definition) is 1. The first-order valence-corrected chi connectivity index (χ1v) is 6.97. The van der Waals surface area contributed by atoms with E-state index in [2.05, 4.69) is 0 Å². The molecule has 0 radical (unpaired) electrons. The maximum Gasteiger partial charge on any atom is 0.317 e. The Morgan fingerprint density at radius 3 is 2.17 bits per heavy atom. The van der Waals surface area contributed by atoms with Gasteiger partial charge in [-0.2, -0.15) is 0 Å². The summed E-state index contributed by atoms with van der Waals surface area (Å²) in [5, 5.41) is 8.64. The molecule has 0 aromatic heterocycles. The summed E-state index contributed by atoms with van der Waals surface area (Å²) in [6.07, 6.45) is 6.78. The molecule has 0 heterocycles. The fourth-order valence-electron chi connectivity index (χ4n) is 3.07. The van der Waals surface area contributed by atoms with Crippen molar-refractivity contribution in [2.75, 3.05) is 0 Å². The number of esters is 1. The minimum Gasteiger partial charge on any atom is -0.481 e. The number of carboxylic acid groups (broad SMARTS) is 1. The largest absolute Gasteiger partial charge is 0.481 e. The van der Waals surface area contributed by atoms with Crippen LogP contribution in [0.4, 0.5) is 0 Å². The second kappa shape index (κ2) is 6.76. The van der Waals surface area contributed by atoms with Crippen LogP contribution < -0.4 is 0 Å². The Labute approximate surface area is 109 Å². The van der Waals surface area contributed by atoms with Gasteiger partial charge in [-0.3, -0.25) is 9.59 Å². The van der Waals surface area contributed by atoms with Gasteiger partial charge in [-0.15, -0.1) is 0 Å². The molecule has 4 heteroatoms. The molecule has 4 nitrogen and oxygen atoms in total. The lowest BCUT2D eigenvalue weighted by Crippen LogP contribution is -2.43. The molecular weight excluding hydrogens is 232 g/mol. The lowest BCUT2D eigenvalue weighted by atomic mass is 9.74. The second-order valence-electron chi connectivity index (χ2n) is 5.15. The van der Waals surface area contributed by atoms with Crippen molar-refractivity contribution in [3.63, 3.8) is 0 Å². The molecule has 104 valence electrons. The highest BCUT2D eigenvalue weighted by Crippen LogP contribution is 2.39. The Bertz CT molecular complexity index is 288. The van der Waals surface area contributed by atoms with Gasteiger partial charge in [0.05, 0.1) is 0 Å². The lowest BCUT2D eigenvalue weighted by Gasteiger charge is -2.41. The summed E-state index contributed by atoms with van der Waals surface area (Å²) in [5.41, 5.74) is -0.451. The topological polar surface area (TPSA) is 63.6 Å². The fraction of sp³-hybridized carbons (Fsp3) is 0.857. The summed E-state index contributed by atoms with van der Waals surface area (Å²) in [7, 11) is 0. The van der Waals surface area contributed by atoms with Gasteiger partial charge in [-0.1, -0.05) is 33.1 Å². The van der Waals surface area contributed by atoms with E-state index in [1.54, 1.807) is 0 Å². The maximum absolute atomic E-state index is 11.6. The predicted octanol–water partition coefficient (Wildman–Crippen LogP) is 3.14. The maximum atomic E-state index is 11.6. The number of carbonyl (C=O) groups excluding carboxylic acids is 1. The van der Waals surface area contributed by atoms with E-state index >= 15 is 0 Å². The van der Waals surface area contributed by atoms with Crippen LogP contribution in [0.5, 0.6) is 0 Å². The Balaban J connectivity index is 2.71. The predicted molar refractivity (Wildman–Crippen MR) is 68.2 cm³/mol. The van der Waals surface area contributed by atoms with Gasteiger partial charge >= 0.3 is 11.9 Å². The average molecular weight is 256 g/mol. The Kier molecular flexibility index (Phi) is 5.63. The zero-order valence-electron chi connectivity index (χ0n) is 11.4. The van der Waals surface area contributed by atoms with Gasteiger partial charge in [-0.25, -0.2) is 0 Å². The van der Waals surface area contributed by atoms with Crippen LogP contribution in [-0.4, -0.2) is 22.6 Å². The highest BCUT2D eigenvalue weighted by molar-refractivity contribution is 5.90. The average Bonchev–Trinajstić information content (AvgIpc) is 2.36. The van der Waals surface area contributed by atoms with Crippen LogP contribution in [0.1, 0.15) is 65.2 Å². The normalized spacial score (nSPS) is 17.4. The smallest absolute Gasteiger partial charge is 0.317 e. The molecule has 0 aliphatic heterocycles. The molecule has 0 amide bonds. The first-order valence-electron chi connectivity index (χ1n) is 6.97. The Hall–Kier alpha value is -1.06. The molecule has 0 saturated heterocycles. The minimum absolute atomic E-state index is 0.388. The van der Waals surface area contributed by atoms with E-state index < -0.39 is 24.0 Å². The van der Waals surface area contributed by atoms with Crippen LogP contribution in [0, 0.1) is 5.92 Å². The first kappa shape index (κ1) is 15.0. The molecule has 0 aromatic rings. The van der Waals surface area contributed by atoms with Gasteiger partial charge in [0.15, 0.2) is 0 Å². The Morgan fingerprint density at radius 1 is 1.17 bits per heavy atom. The van der Waals surface area contributed by atoms with Crippen molar-refractivity contribution in [1.29, 1.82) is 0 Å². The summed E-state index contributed by atoms with van der Waals surface area (Å²) in [4.78, 5) is 22.2. The van der Waals surface area contributed by atoms with Crippen molar-refractivity contribution < 1.29 is 19.4 Å². The van der Waals surface area contributed by atoms with Gasteiger partial charge in [0.2, 0.25) is 0 Å². The molecule has 18 heavy (non-hydrogen) atoms. The third kappa shape index (κ3) is 3.72. The molecular formula is C14H24O4. The number of carboxylic acids is 1. The summed E-state index contributed by atoms with van der Waals surface area (Å²) in [5.74, 6) is -1.33. The van der Waals surface area contributed by atoms with Crippen LogP contribution in [0.3, 0.4) is 0 Å². The molecule has 0 atom stereocenters. The summed E-state index contributed by atoms with van der Waals surface area (Å²) >= 11 is 0. The third-order valence-electron chi connectivity index (χ3n) is 4.16. The molecule has 0 unspecified atom stereocenters. The second-order valence-corrected chi connectivity index (χ2v) is 5.15. The van der Waals surface area contributed by atoms with Crippen LogP contribution in [0.2, 0.25) is 0 Å². The molecule has 1 rings (SSSR count). The zero-order chi connectivity index (χ0) is 13.6. The standard InChI is InChI=1S/C14H24O4/c1-3-14(4-2,11-8-6-5-7-9-11)18-13(17)10-12(15)16/h11H,3-10H2,1-2H3,(H,15,16). The number of ether oxygens (including phenoxy) is 1. The molecule has 1 fully saturated rings. The summed E-state index contributed by atoms with van der Waals surface area (Å²) in [6.45, 7) is 4.04. The van der Waals surface area contributed by atoms with Gasteiger partial charge in [0, 0.05) is 0 Å². The molecule has 1 aliphatic rings. The van der Waals surface area contributed by atoms with Gasteiger partial charge in [0.25, 0.3) is 0 Å². The summed E-state index contributed by atoms with van der Waals surface area (Å²) < 4.78 is 5.57. The van der Waals surface area contributed by atoms with E-state index in [0.29, 0.717) is 5.92 Å². The quantitative estimate of drug-likeness (QED) is 0.585. The van der Waals surface area contributed by atoms with Gasteiger partial charge in [0.1, 0.15) is 12.0 Å². The molecule has 0 bridgehead atoms. The van der Waals surface area contributed by atoms with E-state index in [1.807, 2.05) is 13.8 Å². The van der Waals surface area contributed by atoms with E-state index in [-0.39, 0.29) is 0 Å². The zero-order valence-corrected chi connectivity index (χ0v) is 11.4. The Morgan fingerprint density at radius 2 is 1.72 bits per heavy atom. The van der Waals surface area contributed by atoms with Crippen molar-refractivity contribution in [2.45, 2.75) is 70.8 Å². The van der Waals surface area contributed by atoms with Crippen LogP contribution >= 0.6 is 0 Å². The van der Waals surface area contributed by atoms with Crippen molar-refractivity contribution in [1.82, 2.24) is 0 Å². The molecule has 1 N–H and O–H groups in total. The van der Waals surface area contributed by atoms with Crippen molar-refractivity contribution in [3.8, 4) is 0 Å². The van der Waals surface area contributed by atoms with E-state index in [0.717, 1.165) is 25.7 Å². The van der Waals surface area contributed by atoms with E-state index in [4.69, 9.17) is 9.84 Å². The van der Waals surface area contributed by atoms with Crippen molar-refractivity contribution in [2.24, 2.45) is 5.92 Å². The van der Waals surface area contributed by atoms with Crippen LogP contribution in [0.25, 0.3) is 0 Å². The van der Waals surface area contributed by atoms with Gasteiger partial charge in [-0.05, 0) is 31.6 Å². The van der Waals surface area contributed by atoms with E-state index in [9.17, 15) is 9.59 Å². The number of rotatable bonds is 6. The van der Waals surface area contributed by atoms with Gasteiger partial charge < -0.3 is 9.84 Å². The van der Waals surface area contributed by atoms with Crippen LogP contribution in [-0.2, 0) is 14.3 Å². The molecule has 0 aromatic carbocycles. The number of aliphatic carboxylic acids is 1. The highest BCUT2D eigenvalue weighted by atomic mass is 16.6. The molecule has 1 aliphatic carbocycles. The summed E-state index contributed by atoms with van der Waals surface area (Å²) in [6, 6.07) is 0. The third-order valence-corrected chi connectivity index (χ3v) is 4.16. The molecule has 0 spiro atoms. The van der Waals surface area contributed by atoms with E-state index in [1.165, 1.54) is 19.3 Å². The highest BCUT2D eigenvalue weighted by Gasteiger charge is 2.39. The number of hydrogen-bond acceptors (Lipinski definition) is 3. The van der Waals surface area contributed by atoms with Crippen LogP contribution in [0.15, 0.2) is 0 Å². The number of carbonyl (C=O) groups is 2. The SMILES string of the molecule is CCC(CC)(OC(=O)CC(=O)O)C1CCCCC1. The van der Waals surface area contributed by atoms with Crippen molar-refractivity contribution >= 4 is 11.9 Å². The minimum atomic E-state index is -1.12. The molecule has 1 saturated carbocycles. The van der Waals surface area contributed by atoms with Crippen molar-refractivity contribution in [3.05, 3.63) is 0 Å². The monoisotopic (exact) mass is 256 g/mol.